The predicted octanol–water partition coefficient (Wildman–Crippen LogP) is 4.66. The molecule has 4 aliphatic rings. The van der Waals surface area contributed by atoms with Gasteiger partial charge >= 0.3 is 6.01 Å². The van der Waals surface area contributed by atoms with Crippen molar-refractivity contribution in [3.63, 3.8) is 0 Å². The Kier molecular flexibility index (Phi) is 7.09. The third-order valence-corrected chi connectivity index (χ3v) is 10.2. The maximum absolute atomic E-state index is 16.9. The second-order valence-corrected chi connectivity index (χ2v) is 13.4. The number of fused-ring (bicyclic) bond motifs is 5. The van der Waals surface area contributed by atoms with Crippen LogP contribution in [0.15, 0.2) is 48.7 Å². The first kappa shape index (κ1) is 29.1. The molecule has 2 bridgehead atoms. The van der Waals surface area contributed by atoms with Crippen LogP contribution in [0.2, 0.25) is 0 Å². The Bertz CT molecular complexity index is 1910. The van der Waals surface area contributed by atoms with Gasteiger partial charge in [0, 0.05) is 68.1 Å². The molecule has 2 N–H and O–H groups in total. The number of aromatic nitrogens is 3. The van der Waals surface area contributed by atoms with Gasteiger partial charge in [0.1, 0.15) is 29.4 Å². The van der Waals surface area contributed by atoms with Crippen LogP contribution < -0.4 is 15.0 Å². The lowest BCUT2D eigenvalue weighted by Gasteiger charge is -2.34. The molecule has 9 nitrogen and oxygen atoms in total. The number of terminal acetylenes is 1. The Hall–Kier alpha value is -4.30. The van der Waals surface area contributed by atoms with Crippen molar-refractivity contribution in [3.05, 3.63) is 60.1 Å². The summed E-state index contributed by atoms with van der Waals surface area (Å²) < 4.78 is 28.8. The summed E-state index contributed by atoms with van der Waals surface area (Å²) in [5, 5.41) is 16.1. The van der Waals surface area contributed by atoms with Gasteiger partial charge in [-0.1, -0.05) is 30.2 Å². The summed E-state index contributed by atoms with van der Waals surface area (Å²) in [4.78, 5) is 18.9. The molecule has 4 aromatic rings. The molecule has 2 unspecified atom stereocenters. The van der Waals surface area contributed by atoms with Gasteiger partial charge in [-0.2, -0.15) is 9.97 Å². The fourth-order valence-electron chi connectivity index (χ4n) is 8.40. The zero-order valence-electron chi connectivity index (χ0n) is 25.9. The highest BCUT2D eigenvalue weighted by Gasteiger charge is 2.50. The van der Waals surface area contributed by atoms with Gasteiger partial charge in [-0.25, -0.2) is 4.39 Å². The third kappa shape index (κ3) is 4.85. The lowest BCUT2D eigenvalue weighted by atomic mass is 9.90. The summed E-state index contributed by atoms with van der Waals surface area (Å²) in [7, 11) is 1.74. The van der Waals surface area contributed by atoms with E-state index in [1.165, 1.54) is 11.6 Å². The summed E-state index contributed by atoms with van der Waals surface area (Å²) >= 11 is 0. The second kappa shape index (κ2) is 11.2. The first-order chi connectivity index (χ1) is 22.3. The van der Waals surface area contributed by atoms with Gasteiger partial charge in [-0.3, -0.25) is 9.88 Å². The number of hydrogen-bond donors (Lipinski definition) is 2. The maximum atomic E-state index is 16.9. The van der Waals surface area contributed by atoms with Gasteiger partial charge in [0.15, 0.2) is 5.82 Å². The monoisotopic (exact) mass is 620 g/mol. The van der Waals surface area contributed by atoms with Crippen LogP contribution in [0.3, 0.4) is 0 Å². The Labute approximate surface area is 267 Å². The van der Waals surface area contributed by atoms with Crippen molar-refractivity contribution in [2.45, 2.75) is 43.3 Å². The smallest absolute Gasteiger partial charge is 0.319 e. The van der Waals surface area contributed by atoms with E-state index in [-0.39, 0.29) is 28.5 Å². The van der Waals surface area contributed by atoms with Crippen molar-refractivity contribution in [2.75, 3.05) is 51.4 Å². The highest BCUT2D eigenvalue weighted by Crippen LogP contribution is 2.44. The molecule has 236 valence electrons. The number of phenolic OH excluding ortho intramolecular Hbond substituents is 1. The van der Waals surface area contributed by atoms with E-state index < -0.39 is 5.82 Å². The number of methoxy groups -OCH3 is 1. The molecule has 10 heteroatoms. The molecule has 0 spiro atoms. The Morgan fingerprint density at radius 2 is 2.02 bits per heavy atom. The van der Waals surface area contributed by atoms with Crippen LogP contribution >= 0.6 is 0 Å². The number of piperazine rings is 1. The number of rotatable bonds is 7. The van der Waals surface area contributed by atoms with E-state index in [0.717, 1.165) is 51.9 Å². The molecular weight excluding hydrogens is 583 g/mol. The molecule has 2 aromatic carbocycles. The van der Waals surface area contributed by atoms with Gasteiger partial charge in [0.2, 0.25) is 0 Å². The number of benzene rings is 2. The van der Waals surface area contributed by atoms with Crippen LogP contribution in [-0.2, 0) is 4.74 Å². The lowest BCUT2D eigenvalue weighted by molar-refractivity contribution is 0.107. The molecule has 46 heavy (non-hydrogen) atoms. The minimum Gasteiger partial charge on any atom is -0.508 e. The van der Waals surface area contributed by atoms with E-state index >= 15 is 4.39 Å². The van der Waals surface area contributed by atoms with Crippen molar-refractivity contribution in [2.24, 2.45) is 5.92 Å². The number of phenols is 1. The van der Waals surface area contributed by atoms with Gasteiger partial charge in [-0.05, 0) is 55.2 Å². The molecule has 8 rings (SSSR count). The van der Waals surface area contributed by atoms with Gasteiger partial charge in [-0.15, -0.1) is 6.42 Å². The Balaban J connectivity index is 1.24. The molecule has 0 amide bonds. The standard InChI is InChI=1S/C36H37FN6O3/c1-4-23-6-5-7-24-10-27(44)11-28(30(23)24)32-31(37)33-29(14-38-32)34(42-17-25-8-9-26(18-42)39-25)41-35(40-33)46-20-36-12-21(2)15-43(36)16-22(13-36)19-45-3/h1,5-7,10-11,14,22,25-26,39,44H,2,8-9,12-13,15-20H2,3H3/t22-,25?,26?,36-/m0/s1. The van der Waals surface area contributed by atoms with E-state index in [1.54, 1.807) is 25.4 Å². The number of aromatic hydroxyl groups is 1. The number of nitrogens with one attached hydrogen (secondary N) is 1. The lowest BCUT2D eigenvalue weighted by Crippen LogP contribution is -2.51. The van der Waals surface area contributed by atoms with Gasteiger partial charge < -0.3 is 24.8 Å². The average molecular weight is 621 g/mol. The zero-order chi connectivity index (χ0) is 31.6. The fourth-order valence-corrected chi connectivity index (χ4v) is 8.40. The van der Waals surface area contributed by atoms with E-state index in [0.29, 0.717) is 64.3 Å². The summed E-state index contributed by atoms with van der Waals surface area (Å²) in [5.41, 5.74) is 2.13. The number of ether oxygens (including phenoxy) is 2. The van der Waals surface area contributed by atoms with Crippen LogP contribution in [0.1, 0.15) is 31.2 Å². The van der Waals surface area contributed by atoms with Crippen LogP contribution in [0.4, 0.5) is 10.2 Å². The van der Waals surface area contributed by atoms with Crippen molar-refractivity contribution in [1.82, 2.24) is 25.2 Å². The summed E-state index contributed by atoms with van der Waals surface area (Å²) in [6, 6.07) is 9.40. The van der Waals surface area contributed by atoms with E-state index in [1.807, 2.05) is 12.1 Å². The highest BCUT2D eigenvalue weighted by atomic mass is 19.1. The van der Waals surface area contributed by atoms with Crippen molar-refractivity contribution in [1.29, 1.82) is 0 Å². The molecule has 2 aromatic heterocycles. The van der Waals surface area contributed by atoms with E-state index in [2.05, 4.69) is 32.6 Å². The van der Waals surface area contributed by atoms with E-state index in [4.69, 9.17) is 25.9 Å². The van der Waals surface area contributed by atoms with Gasteiger partial charge in [0.05, 0.1) is 17.5 Å². The molecule has 0 aliphatic carbocycles. The molecule has 0 radical (unpaired) electrons. The normalized spacial score (nSPS) is 25.8. The quantitative estimate of drug-likeness (QED) is 0.226. The molecule has 4 aliphatic heterocycles. The first-order valence-electron chi connectivity index (χ1n) is 16.0. The number of pyridine rings is 1. The van der Waals surface area contributed by atoms with Crippen LogP contribution in [0.25, 0.3) is 32.9 Å². The number of hydrogen-bond acceptors (Lipinski definition) is 9. The predicted molar refractivity (Wildman–Crippen MR) is 176 cm³/mol. The van der Waals surface area contributed by atoms with E-state index in [9.17, 15) is 5.11 Å². The van der Waals surface area contributed by atoms with Crippen molar-refractivity contribution >= 4 is 27.5 Å². The molecule has 0 saturated carbocycles. The molecule has 4 atom stereocenters. The largest absolute Gasteiger partial charge is 0.508 e. The second-order valence-electron chi connectivity index (χ2n) is 13.4. The van der Waals surface area contributed by atoms with Crippen LogP contribution in [0, 0.1) is 24.1 Å². The number of anilines is 1. The third-order valence-electron chi connectivity index (χ3n) is 10.2. The molecule has 4 fully saturated rings. The molecule has 6 heterocycles. The minimum absolute atomic E-state index is 0.00744. The topological polar surface area (TPSA) is 95.9 Å². The maximum Gasteiger partial charge on any atom is 0.319 e. The zero-order valence-corrected chi connectivity index (χ0v) is 25.9. The highest BCUT2D eigenvalue weighted by molar-refractivity contribution is 6.02. The minimum atomic E-state index is -0.613. The summed E-state index contributed by atoms with van der Waals surface area (Å²) in [5.74, 6) is 3.10. The molecular formula is C36H37FN6O3. The fraction of sp³-hybridized carbons (Fsp3) is 0.417. The first-order valence-corrected chi connectivity index (χ1v) is 16.0. The Morgan fingerprint density at radius 3 is 2.80 bits per heavy atom. The summed E-state index contributed by atoms with van der Waals surface area (Å²) in [6.07, 6.45) is 11.4. The van der Waals surface area contributed by atoms with Crippen LogP contribution in [-0.4, -0.2) is 89.1 Å². The Morgan fingerprint density at radius 1 is 1.20 bits per heavy atom. The molecule has 4 saturated heterocycles. The van der Waals surface area contributed by atoms with Gasteiger partial charge in [0.25, 0.3) is 0 Å². The van der Waals surface area contributed by atoms with Crippen molar-refractivity contribution < 1.29 is 19.0 Å². The van der Waals surface area contributed by atoms with Crippen molar-refractivity contribution in [3.8, 4) is 35.4 Å². The SMILES string of the molecule is C#Cc1cccc2cc(O)cc(-c3ncc4c(N5CC6CCC(C5)N6)nc(OC[C@@]56CC(=C)CN5C[C@@H](COC)C6)nc4c3F)c12. The van der Waals surface area contributed by atoms with Crippen LogP contribution in [0.5, 0.6) is 11.8 Å². The summed E-state index contributed by atoms with van der Waals surface area (Å²) in [6.45, 7) is 8.60. The number of nitrogens with zero attached hydrogens (tertiary/aromatic N) is 5. The number of halogens is 1. The average Bonchev–Trinajstić information content (AvgIpc) is 3.66.